The molecule has 1 fully saturated rings. The number of benzene rings is 1. The molecule has 9 heteroatoms. The molecule has 0 aromatic heterocycles. The Bertz CT molecular complexity index is 611. The zero-order valence-electron chi connectivity index (χ0n) is 11.9. The molecule has 0 radical (unpaired) electrons. The van der Waals surface area contributed by atoms with Crippen LogP contribution >= 0.6 is 0 Å². The second kappa shape index (κ2) is 7.16. The molecule has 1 N–H and O–H groups in total. The lowest BCUT2D eigenvalue weighted by Gasteiger charge is -2.07. The molecule has 1 aliphatic heterocycles. The molecule has 1 aromatic rings. The van der Waals surface area contributed by atoms with Gasteiger partial charge in [-0.15, -0.1) is 0 Å². The smallest absolute Gasteiger partial charge is 0.338 e. The summed E-state index contributed by atoms with van der Waals surface area (Å²) in [4.78, 5) is 27.6. The lowest BCUT2D eigenvalue weighted by atomic mass is 10.2. The van der Waals surface area contributed by atoms with Gasteiger partial charge in [-0.25, -0.2) is 19.9 Å². The van der Waals surface area contributed by atoms with Crippen molar-refractivity contribution in [3.63, 3.8) is 0 Å². The molecule has 0 amide bonds. The van der Waals surface area contributed by atoms with Crippen molar-refractivity contribution < 1.29 is 14.6 Å². The largest absolute Gasteiger partial charge is 0.462 e. The van der Waals surface area contributed by atoms with E-state index in [2.05, 4.69) is 15.4 Å². The highest BCUT2D eigenvalue weighted by Crippen LogP contribution is 2.13. The SMILES string of the molecule is CCOC(=O)c1ccc(/N=C/N2CCN/C2=N\[N+](=O)[O-])cc1. The zero-order valence-corrected chi connectivity index (χ0v) is 11.9. The van der Waals surface area contributed by atoms with Gasteiger partial charge in [0.1, 0.15) is 5.10 Å². The van der Waals surface area contributed by atoms with Crippen LogP contribution in [0.1, 0.15) is 17.3 Å². The lowest BCUT2D eigenvalue weighted by Crippen LogP contribution is -2.29. The monoisotopic (exact) mass is 305 g/mol. The number of ether oxygens (including phenoxy) is 1. The Morgan fingerprint density at radius 3 is 2.86 bits per heavy atom. The van der Waals surface area contributed by atoms with Crippen LogP contribution in [0.3, 0.4) is 0 Å². The van der Waals surface area contributed by atoms with Gasteiger partial charge in [0.15, 0.2) is 5.03 Å². The number of carbonyl (C=O) groups is 1. The van der Waals surface area contributed by atoms with Crippen LogP contribution < -0.4 is 5.32 Å². The third-order valence-electron chi connectivity index (χ3n) is 2.81. The summed E-state index contributed by atoms with van der Waals surface area (Å²) >= 11 is 0. The van der Waals surface area contributed by atoms with Crippen molar-refractivity contribution in [1.29, 1.82) is 0 Å². The highest BCUT2D eigenvalue weighted by atomic mass is 16.7. The second-order valence-electron chi connectivity index (χ2n) is 4.29. The summed E-state index contributed by atoms with van der Waals surface area (Å²) in [6.45, 7) is 3.15. The summed E-state index contributed by atoms with van der Waals surface area (Å²) in [6, 6.07) is 6.55. The van der Waals surface area contributed by atoms with E-state index in [4.69, 9.17) is 4.74 Å². The van der Waals surface area contributed by atoms with Crippen LogP contribution in [0.5, 0.6) is 0 Å². The van der Waals surface area contributed by atoms with E-state index in [1.807, 2.05) is 0 Å². The van der Waals surface area contributed by atoms with E-state index in [1.165, 1.54) is 6.34 Å². The molecule has 9 nitrogen and oxygen atoms in total. The molecule has 1 aromatic carbocycles. The maximum Gasteiger partial charge on any atom is 0.338 e. The van der Waals surface area contributed by atoms with Crippen LogP contribution in [0.2, 0.25) is 0 Å². The van der Waals surface area contributed by atoms with Crippen molar-refractivity contribution in [1.82, 2.24) is 10.2 Å². The molecule has 1 saturated heterocycles. The molecule has 0 saturated carbocycles. The molecule has 0 spiro atoms. The first-order valence-corrected chi connectivity index (χ1v) is 6.65. The molecule has 0 bridgehead atoms. The predicted molar refractivity (Wildman–Crippen MR) is 79.7 cm³/mol. The highest BCUT2D eigenvalue weighted by Gasteiger charge is 2.19. The number of rotatable bonds is 5. The van der Waals surface area contributed by atoms with Crippen molar-refractivity contribution in [3.8, 4) is 0 Å². The minimum absolute atomic E-state index is 0.150. The first-order valence-electron chi connectivity index (χ1n) is 6.65. The molecule has 1 heterocycles. The van der Waals surface area contributed by atoms with Gasteiger partial charge in [-0.1, -0.05) is 0 Å². The van der Waals surface area contributed by atoms with Crippen LogP contribution in [0, 0.1) is 10.1 Å². The van der Waals surface area contributed by atoms with Gasteiger partial charge < -0.3 is 10.1 Å². The van der Waals surface area contributed by atoms with Crippen molar-refractivity contribution in [2.45, 2.75) is 6.92 Å². The molecule has 2 rings (SSSR count). The summed E-state index contributed by atoms with van der Waals surface area (Å²) in [5.74, 6) is -0.237. The molecular formula is C13H15N5O4. The predicted octanol–water partition coefficient (Wildman–Crippen LogP) is 0.976. The van der Waals surface area contributed by atoms with E-state index < -0.39 is 5.03 Å². The fourth-order valence-electron chi connectivity index (χ4n) is 1.81. The summed E-state index contributed by atoms with van der Waals surface area (Å²) in [5, 5.41) is 15.7. The van der Waals surface area contributed by atoms with Crippen molar-refractivity contribution in [2.24, 2.45) is 10.1 Å². The average molecular weight is 305 g/mol. The van der Waals surface area contributed by atoms with E-state index >= 15 is 0 Å². The normalized spacial score (nSPS) is 16.0. The molecule has 22 heavy (non-hydrogen) atoms. The number of guanidine groups is 1. The van der Waals surface area contributed by atoms with E-state index in [-0.39, 0.29) is 11.9 Å². The zero-order chi connectivity index (χ0) is 15.9. The molecule has 116 valence electrons. The first-order chi connectivity index (χ1) is 10.6. The van der Waals surface area contributed by atoms with Crippen LogP contribution in [0.4, 0.5) is 5.69 Å². The third kappa shape index (κ3) is 4.01. The molecule has 0 atom stereocenters. The Morgan fingerprint density at radius 2 is 2.23 bits per heavy atom. The van der Waals surface area contributed by atoms with Crippen molar-refractivity contribution in [2.75, 3.05) is 19.7 Å². The second-order valence-corrected chi connectivity index (χ2v) is 4.29. The fraction of sp³-hybridized carbons (Fsp3) is 0.308. The molecule has 0 aliphatic carbocycles. The summed E-state index contributed by atoms with van der Waals surface area (Å²) in [6.07, 6.45) is 1.46. The van der Waals surface area contributed by atoms with E-state index in [1.54, 1.807) is 36.1 Å². The molecule has 1 aliphatic rings. The summed E-state index contributed by atoms with van der Waals surface area (Å²) in [5.41, 5.74) is 1.06. The Balaban J connectivity index is 2.04. The molecule has 0 unspecified atom stereocenters. The number of hydrogen-bond acceptors (Lipinski definition) is 5. The van der Waals surface area contributed by atoms with E-state index in [0.29, 0.717) is 30.9 Å². The lowest BCUT2D eigenvalue weighted by molar-refractivity contribution is -0.485. The summed E-state index contributed by atoms with van der Waals surface area (Å²) < 4.78 is 4.89. The average Bonchev–Trinajstić information content (AvgIpc) is 2.92. The Labute approximate surface area is 126 Å². The quantitative estimate of drug-likeness (QED) is 0.285. The van der Waals surface area contributed by atoms with E-state index in [9.17, 15) is 14.9 Å². The number of hydrazone groups is 1. The van der Waals surface area contributed by atoms with Crippen molar-refractivity contribution >= 4 is 24.0 Å². The first kappa shape index (κ1) is 15.4. The van der Waals surface area contributed by atoms with Crippen LogP contribution in [0.15, 0.2) is 34.4 Å². The van der Waals surface area contributed by atoms with Gasteiger partial charge in [-0.3, -0.25) is 4.90 Å². The third-order valence-corrected chi connectivity index (χ3v) is 2.81. The Morgan fingerprint density at radius 1 is 1.50 bits per heavy atom. The maximum atomic E-state index is 11.5. The highest BCUT2D eigenvalue weighted by molar-refractivity contribution is 5.92. The van der Waals surface area contributed by atoms with Gasteiger partial charge in [-0.2, -0.15) is 0 Å². The van der Waals surface area contributed by atoms with Crippen LogP contribution in [0.25, 0.3) is 0 Å². The fourth-order valence-corrected chi connectivity index (χ4v) is 1.81. The van der Waals surface area contributed by atoms with Crippen LogP contribution in [-0.2, 0) is 4.74 Å². The van der Waals surface area contributed by atoms with Crippen molar-refractivity contribution in [3.05, 3.63) is 39.9 Å². The topological polar surface area (TPSA) is 109 Å². The number of nitro groups is 1. The van der Waals surface area contributed by atoms with Gasteiger partial charge >= 0.3 is 5.97 Å². The van der Waals surface area contributed by atoms with E-state index in [0.717, 1.165) is 0 Å². The maximum absolute atomic E-state index is 11.5. The van der Waals surface area contributed by atoms with Gasteiger partial charge in [0, 0.05) is 13.1 Å². The van der Waals surface area contributed by atoms with Gasteiger partial charge in [-0.05, 0) is 31.2 Å². The Kier molecular flexibility index (Phi) is 5.02. The summed E-state index contributed by atoms with van der Waals surface area (Å²) in [7, 11) is 0. The number of esters is 1. The van der Waals surface area contributed by atoms with Gasteiger partial charge in [0.2, 0.25) is 0 Å². The standard InChI is InChI=1S/C13H15N5O4/c1-2-22-12(19)10-3-5-11(6-4-10)15-9-17-8-7-14-13(17)16-18(20)21/h3-6,9H,2,7-8H2,1H3,(H,14,16)/b15-9+. The van der Waals surface area contributed by atoms with Gasteiger partial charge in [0.25, 0.3) is 5.96 Å². The van der Waals surface area contributed by atoms with Gasteiger partial charge in [0.05, 0.1) is 24.2 Å². The number of nitrogens with one attached hydrogen (secondary N) is 1. The minimum Gasteiger partial charge on any atom is -0.462 e. The molecular weight excluding hydrogens is 290 g/mol. The number of hydrogen-bond donors (Lipinski definition) is 1. The Hall–Kier alpha value is -2.97. The minimum atomic E-state index is -0.761. The number of carbonyl (C=O) groups excluding carboxylic acids is 1. The van der Waals surface area contributed by atoms with Crippen LogP contribution in [-0.4, -0.2) is 47.9 Å². The number of aliphatic imine (C=N–C) groups is 1. The number of nitrogens with zero attached hydrogens (tertiary/aromatic N) is 4.